The Hall–Kier alpha value is -2.22. The molecule has 0 bridgehead atoms. The first-order valence-electron chi connectivity index (χ1n) is 5.42. The number of benzene rings is 2. The summed E-state index contributed by atoms with van der Waals surface area (Å²) < 4.78 is 0. The van der Waals surface area contributed by atoms with Gasteiger partial charge in [0.15, 0.2) is 0 Å². The summed E-state index contributed by atoms with van der Waals surface area (Å²) in [6.45, 7) is 5.54. The molecule has 0 aliphatic rings. The fourth-order valence-corrected chi connectivity index (χ4v) is 1.98. The van der Waals surface area contributed by atoms with Gasteiger partial charge in [0.05, 0.1) is 0 Å². The van der Waals surface area contributed by atoms with E-state index >= 15 is 0 Å². The summed E-state index contributed by atoms with van der Waals surface area (Å²) in [4.78, 5) is 0. The van der Waals surface area contributed by atoms with Gasteiger partial charge in [-0.1, -0.05) is 49.1 Å². The maximum atomic E-state index is 10.2. The Morgan fingerprint density at radius 2 is 1.53 bits per heavy atom. The molecule has 0 atom stereocenters. The van der Waals surface area contributed by atoms with Crippen molar-refractivity contribution in [3.05, 3.63) is 48.0 Å². The van der Waals surface area contributed by atoms with Crippen molar-refractivity contribution in [3.8, 4) is 11.5 Å². The number of hydrogen-bond donors (Lipinski definition) is 2. The summed E-state index contributed by atoms with van der Waals surface area (Å²) >= 11 is 0. The number of hydrogen-bond acceptors (Lipinski definition) is 2. The topological polar surface area (TPSA) is 40.5 Å². The predicted octanol–water partition coefficient (Wildman–Crippen LogP) is 3.93. The molecule has 2 nitrogen and oxygen atoms in total. The van der Waals surface area contributed by atoms with Crippen LogP contribution in [0.25, 0.3) is 22.9 Å². The van der Waals surface area contributed by atoms with Gasteiger partial charge in [0, 0.05) is 21.9 Å². The van der Waals surface area contributed by atoms with E-state index < -0.39 is 0 Å². The van der Waals surface area contributed by atoms with Gasteiger partial charge in [-0.25, -0.2) is 0 Å². The normalized spacial score (nSPS) is 11.1. The minimum atomic E-state index is 0.154. The van der Waals surface area contributed by atoms with Crippen LogP contribution in [-0.4, -0.2) is 10.2 Å². The van der Waals surface area contributed by atoms with Gasteiger partial charge in [0.25, 0.3) is 0 Å². The summed E-state index contributed by atoms with van der Waals surface area (Å²) in [6, 6.07) is 7.21. The Bertz CT molecular complexity index is 610. The molecule has 2 aromatic carbocycles. The first-order chi connectivity index (χ1) is 8.20. The summed E-state index contributed by atoms with van der Waals surface area (Å²) in [5.41, 5.74) is 1.15. The molecule has 2 aromatic rings. The highest BCUT2D eigenvalue weighted by atomic mass is 16.3. The monoisotopic (exact) mass is 226 g/mol. The van der Waals surface area contributed by atoms with Crippen molar-refractivity contribution >= 4 is 22.9 Å². The molecule has 0 saturated heterocycles. The van der Waals surface area contributed by atoms with Crippen molar-refractivity contribution in [2.75, 3.05) is 0 Å². The minimum absolute atomic E-state index is 0.154. The van der Waals surface area contributed by atoms with E-state index in [2.05, 4.69) is 6.58 Å². The van der Waals surface area contributed by atoms with Crippen LogP contribution < -0.4 is 0 Å². The zero-order chi connectivity index (χ0) is 12.4. The summed E-state index contributed by atoms with van der Waals surface area (Å²) in [5, 5.41) is 21.6. The Balaban J connectivity index is 2.98. The van der Waals surface area contributed by atoms with Gasteiger partial charge in [0.2, 0.25) is 0 Å². The lowest BCUT2D eigenvalue weighted by molar-refractivity contribution is 0.467. The number of phenolic OH excluding ortho intramolecular Hbond substituents is 2. The molecule has 0 aliphatic heterocycles. The summed E-state index contributed by atoms with van der Waals surface area (Å²) in [5.74, 6) is 0.327. The molecule has 0 unspecified atom stereocenters. The van der Waals surface area contributed by atoms with Crippen LogP contribution in [0.2, 0.25) is 0 Å². The van der Waals surface area contributed by atoms with E-state index in [1.54, 1.807) is 24.3 Å². The molecule has 0 saturated carbocycles. The molecule has 17 heavy (non-hydrogen) atoms. The first kappa shape index (κ1) is 11.3. The van der Waals surface area contributed by atoms with Gasteiger partial charge in [-0.2, -0.15) is 0 Å². The van der Waals surface area contributed by atoms with Gasteiger partial charge in [-0.05, 0) is 6.92 Å². The minimum Gasteiger partial charge on any atom is -0.507 e. The van der Waals surface area contributed by atoms with E-state index in [0.717, 1.165) is 0 Å². The number of phenols is 2. The molecule has 2 rings (SSSR count). The molecule has 0 aromatic heterocycles. The van der Waals surface area contributed by atoms with E-state index in [4.69, 9.17) is 0 Å². The molecule has 0 spiro atoms. The fourth-order valence-electron chi connectivity index (χ4n) is 1.98. The van der Waals surface area contributed by atoms with Gasteiger partial charge < -0.3 is 10.2 Å². The summed E-state index contributed by atoms with van der Waals surface area (Å²) in [7, 11) is 0. The molecule has 0 fully saturated rings. The van der Waals surface area contributed by atoms with Crippen molar-refractivity contribution in [2.24, 2.45) is 0 Å². The predicted molar refractivity (Wildman–Crippen MR) is 72.1 cm³/mol. The average Bonchev–Trinajstić information content (AvgIpc) is 2.36. The van der Waals surface area contributed by atoms with E-state index in [-0.39, 0.29) is 11.5 Å². The molecule has 0 heterocycles. The Kier molecular flexibility index (Phi) is 2.88. The quantitative estimate of drug-likeness (QED) is 0.762. The molecule has 0 aliphatic carbocycles. The van der Waals surface area contributed by atoms with E-state index in [1.165, 1.54) is 0 Å². The highest BCUT2D eigenvalue weighted by Crippen LogP contribution is 2.40. The number of fused-ring (bicyclic) bond motifs is 1. The molecule has 2 heteroatoms. The van der Waals surface area contributed by atoms with Crippen molar-refractivity contribution in [1.82, 2.24) is 0 Å². The Labute approximate surface area is 100 Å². The second kappa shape index (κ2) is 4.34. The van der Waals surface area contributed by atoms with Gasteiger partial charge in [-0.3, -0.25) is 0 Å². The molecular formula is C15H14O2. The molecule has 2 N–H and O–H groups in total. The van der Waals surface area contributed by atoms with Crippen molar-refractivity contribution in [3.63, 3.8) is 0 Å². The maximum absolute atomic E-state index is 10.2. The molecule has 0 radical (unpaired) electrons. The zero-order valence-electron chi connectivity index (χ0n) is 9.64. The van der Waals surface area contributed by atoms with Crippen LogP contribution in [0, 0.1) is 0 Å². The van der Waals surface area contributed by atoms with Crippen LogP contribution >= 0.6 is 0 Å². The van der Waals surface area contributed by atoms with E-state index in [1.807, 2.05) is 25.1 Å². The second-order valence-electron chi connectivity index (χ2n) is 3.77. The molecule has 86 valence electrons. The van der Waals surface area contributed by atoms with Crippen LogP contribution in [0.15, 0.2) is 36.9 Å². The second-order valence-corrected chi connectivity index (χ2v) is 3.77. The lowest BCUT2D eigenvalue weighted by atomic mass is 9.97. The zero-order valence-corrected chi connectivity index (χ0v) is 9.64. The van der Waals surface area contributed by atoms with Crippen molar-refractivity contribution in [2.45, 2.75) is 6.92 Å². The fraction of sp³-hybridized carbons (Fsp3) is 0.0667. The SMILES string of the molecule is C=Cc1c(/C=C\C)c(O)c2ccccc2c1O. The lowest BCUT2D eigenvalue weighted by Crippen LogP contribution is -1.87. The van der Waals surface area contributed by atoms with Crippen LogP contribution in [-0.2, 0) is 0 Å². The number of aromatic hydroxyl groups is 2. The van der Waals surface area contributed by atoms with E-state index in [0.29, 0.717) is 21.9 Å². The first-order valence-corrected chi connectivity index (χ1v) is 5.42. The largest absolute Gasteiger partial charge is 0.507 e. The standard InChI is InChI=1S/C15H14O2/c1-3-7-11-10(4-2)14(16)12-8-5-6-9-13(12)15(11)17/h3-9,16-17H,2H2,1H3/b7-3-. The number of rotatable bonds is 2. The lowest BCUT2D eigenvalue weighted by Gasteiger charge is -2.11. The molecular weight excluding hydrogens is 212 g/mol. The van der Waals surface area contributed by atoms with Crippen molar-refractivity contribution in [1.29, 1.82) is 0 Å². The Morgan fingerprint density at radius 1 is 1.00 bits per heavy atom. The molecule has 0 amide bonds. The van der Waals surface area contributed by atoms with Crippen LogP contribution in [0.1, 0.15) is 18.1 Å². The van der Waals surface area contributed by atoms with E-state index in [9.17, 15) is 10.2 Å². The van der Waals surface area contributed by atoms with Crippen molar-refractivity contribution < 1.29 is 10.2 Å². The third-order valence-corrected chi connectivity index (χ3v) is 2.78. The van der Waals surface area contributed by atoms with Gasteiger partial charge in [-0.15, -0.1) is 0 Å². The van der Waals surface area contributed by atoms with Crippen LogP contribution in [0.3, 0.4) is 0 Å². The van der Waals surface area contributed by atoms with Crippen LogP contribution in [0.5, 0.6) is 11.5 Å². The van der Waals surface area contributed by atoms with Gasteiger partial charge >= 0.3 is 0 Å². The highest BCUT2D eigenvalue weighted by molar-refractivity contribution is 5.99. The maximum Gasteiger partial charge on any atom is 0.131 e. The third kappa shape index (κ3) is 1.68. The Morgan fingerprint density at radius 3 is 2.00 bits per heavy atom. The smallest absolute Gasteiger partial charge is 0.131 e. The van der Waals surface area contributed by atoms with Gasteiger partial charge in [0.1, 0.15) is 11.5 Å². The third-order valence-electron chi connectivity index (χ3n) is 2.78. The number of allylic oxidation sites excluding steroid dienone is 1. The van der Waals surface area contributed by atoms with Crippen LogP contribution in [0.4, 0.5) is 0 Å². The average molecular weight is 226 g/mol. The highest BCUT2D eigenvalue weighted by Gasteiger charge is 2.14. The summed E-state index contributed by atoms with van der Waals surface area (Å²) in [6.07, 6.45) is 5.13.